The molecule has 0 unspecified atom stereocenters. The third-order valence-corrected chi connectivity index (χ3v) is 3.74. The molecule has 0 bridgehead atoms. The molecule has 0 aliphatic heterocycles. The van der Waals surface area contributed by atoms with Crippen LogP contribution in [0.4, 0.5) is 30.7 Å². The monoisotopic (exact) mass is 431 g/mol. The standard InChI is InChI=1S/C19H10F7NO.C2H6/c1-9-2-3-16(27-8-9)10-4-12(20)17(13(21)5-10)19(25,26)28-11-6-14(22)18(24)15(23)7-11;1-2/h2-8H,1H3;1-2H3. The van der Waals surface area contributed by atoms with E-state index in [4.69, 9.17) is 0 Å². The van der Waals surface area contributed by atoms with Gasteiger partial charge in [0.15, 0.2) is 17.5 Å². The van der Waals surface area contributed by atoms with Gasteiger partial charge >= 0.3 is 6.11 Å². The van der Waals surface area contributed by atoms with Crippen LogP contribution in [0.2, 0.25) is 0 Å². The van der Waals surface area contributed by atoms with Crippen molar-refractivity contribution in [3.05, 3.63) is 82.8 Å². The summed E-state index contributed by atoms with van der Waals surface area (Å²) in [5, 5.41) is 0. The molecule has 1 heterocycles. The van der Waals surface area contributed by atoms with Crippen LogP contribution in [0.25, 0.3) is 11.3 Å². The van der Waals surface area contributed by atoms with Crippen molar-refractivity contribution >= 4 is 0 Å². The second-order valence-electron chi connectivity index (χ2n) is 5.86. The van der Waals surface area contributed by atoms with Crippen LogP contribution in [-0.2, 0) is 6.11 Å². The molecule has 1 aromatic heterocycles. The molecular formula is C21H16F7NO. The Morgan fingerprint density at radius 2 is 1.33 bits per heavy atom. The van der Waals surface area contributed by atoms with E-state index >= 15 is 0 Å². The lowest BCUT2D eigenvalue weighted by molar-refractivity contribution is -0.189. The first-order chi connectivity index (χ1) is 14.1. The van der Waals surface area contributed by atoms with Crippen molar-refractivity contribution < 1.29 is 35.5 Å². The minimum Gasteiger partial charge on any atom is -0.429 e. The highest BCUT2D eigenvalue weighted by atomic mass is 19.3. The molecule has 0 N–H and O–H groups in total. The molecule has 2 nitrogen and oxygen atoms in total. The maximum Gasteiger partial charge on any atom is 0.432 e. The van der Waals surface area contributed by atoms with Gasteiger partial charge in [0.1, 0.15) is 22.9 Å². The molecule has 0 saturated carbocycles. The minimum absolute atomic E-state index is 0.103. The zero-order valence-electron chi connectivity index (χ0n) is 16.0. The number of aryl methyl sites for hydroxylation is 1. The van der Waals surface area contributed by atoms with Gasteiger partial charge in [0.05, 0.1) is 5.69 Å². The predicted octanol–water partition coefficient (Wildman–Crippen LogP) is 6.91. The van der Waals surface area contributed by atoms with Crippen LogP contribution in [0.3, 0.4) is 0 Å². The Hall–Kier alpha value is -3.10. The fraction of sp³-hybridized carbons (Fsp3) is 0.190. The highest BCUT2D eigenvalue weighted by Gasteiger charge is 2.41. The van der Waals surface area contributed by atoms with E-state index in [0.29, 0.717) is 12.1 Å². The topological polar surface area (TPSA) is 22.1 Å². The molecule has 3 aromatic rings. The third kappa shape index (κ3) is 4.90. The van der Waals surface area contributed by atoms with Crippen LogP contribution in [0.5, 0.6) is 5.75 Å². The SMILES string of the molecule is CC.Cc1ccc(-c2cc(F)c(C(F)(F)Oc3cc(F)c(F)c(F)c3)c(F)c2)nc1. The van der Waals surface area contributed by atoms with Gasteiger partial charge in [0.25, 0.3) is 0 Å². The maximum absolute atomic E-state index is 14.3. The van der Waals surface area contributed by atoms with E-state index in [1.807, 2.05) is 13.8 Å². The Balaban J connectivity index is 0.00000155. The molecule has 30 heavy (non-hydrogen) atoms. The summed E-state index contributed by atoms with van der Waals surface area (Å²) in [5.74, 6) is -9.97. The summed E-state index contributed by atoms with van der Waals surface area (Å²) in [6, 6.07) is 4.57. The summed E-state index contributed by atoms with van der Waals surface area (Å²) in [6.45, 7) is 5.74. The van der Waals surface area contributed by atoms with Gasteiger partial charge in [-0.05, 0) is 30.7 Å². The van der Waals surface area contributed by atoms with E-state index < -0.39 is 46.5 Å². The zero-order chi connectivity index (χ0) is 22.6. The number of rotatable bonds is 4. The summed E-state index contributed by atoms with van der Waals surface area (Å²) in [6.07, 6.45) is -3.21. The number of benzene rings is 2. The average Bonchev–Trinajstić information content (AvgIpc) is 2.67. The van der Waals surface area contributed by atoms with Gasteiger partial charge in [-0.15, -0.1) is 0 Å². The average molecular weight is 431 g/mol. The zero-order valence-corrected chi connectivity index (χ0v) is 16.0. The van der Waals surface area contributed by atoms with E-state index in [0.717, 1.165) is 5.56 Å². The quantitative estimate of drug-likeness (QED) is 0.331. The fourth-order valence-electron chi connectivity index (χ4n) is 2.43. The van der Waals surface area contributed by atoms with Gasteiger partial charge in [-0.2, -0.15) is 8.78 Å². The first-order valence-electron chi connectivity index (χ1n) is 8.72. The Labute approximate surface area is 168 Å². The maximum atomic E-state index is 14.3. The molecule has 9 heteroatoms. The molecule has 0 amide bonds. The van der Waals surface area contributed by atoms with Gasteiger partial charge in [-0.3, -0.25) is 4.98 Å². The van der Waals surface area contributed by atoms with Gasteiger partial charge < -0.3 is 4.74 Å². The molecule has 2 aromatic carbocycles. The lowest BCUT2D eigenvalue weighted by Crippen LogP contribution is -2.25. The smallest absolute Gasteiger partial charge is 0.429 e. The van der Waals surface area contributed by atoms with Gasteiger partial charge in [0.2, 0.25) is 0 Å². The molecule has 160 valence electrons. The summed E-state index contributed by atoms with van der Waals surface area (Å²) in [7, 11) is 0. The Kier molecular flexibility index (Phi) is 7.07. The minimum atomic E-state index is -4.63. The first kappa shape index (κ1) is 23.2. The second-order valence-corrected chi connectivity index (χ2v) is 5.86. The molecule has 0 aliphatic rings. The molecule has 0 fully saturated rings. The summed E-state index contributed by atoms with van der Waals surface area (Å²) >= 11 is 0. The highest BCUT2D eigenvalue weighted by molar-refractivity contribution is 5.60. The van der Waals surface area contributed by atoms with E-state index in [1.54, 1.807) is 13.0 Å². The van der Waals surface area contributed by atoms with Crippen LogP contribution in [0.15, 0.2) is 42.6 Å². The Bertz CT molecular complexity index is 990. The molecule has 0 saturated heterocycles. The van der Waals surface area contributed by atoms with Crippen molar-refractivity contribution in [2.24, 2.45) is 0 Å². The van der Waals surface area contributed by atoms with Crippen LogP contribution >= 0.6 is 0 Å². The van der Waals surface area contributed by atoms with Crippen molar-refractivity contribution in [2.75, 3.05) is 0 Å². The molecule has 0 spiro atoms. The van der Waals surface area contributed by atoms with Crippen LogP contribution in [0, 0.1) is 36.0 Å². The van der Waals surface area contributed by atoms with Crippen molar-refractivity contribution in [2.45, 2.75) is 26.9 Å². The highest BCUT2D eigenvalue weighted by Crippen LogP contribution is 2.37. The number of alkyl halides is 2. The first-order valence-corrected chi connectivity index (χ1v) is 8.72. The second kappa shape index (κ2) is 9.15. The van der Waals surface area contributed by atoms with Crippen molar-refractivity contribution in [3.8, 4) is 17.0 Å². The van der Waals surface area contributed by atoms with E-state index in [2.05, 4.69) is 9.72 Å². The van der Waals surface area contributed by atoms with Gasteiger partial charge in [0, 0.05) is 23.9 Å². The number of pyridine rings is 1. The van der Waals surface area contributed by atoms with E-state index in [9.17, 15) is 30.7 Å². The van der Waals surface area contributed by atoms with Crippen molar-refractivity contribution in [3.63, 3.8) is 0 Å². The van der Waals surface area contributed by atoms with Gasteiger partial charge in [-0.25, -0.2) is 22.0 Å². The molecule has 0 radical (unpaired) electrons. The van der Waals surface area contributed by atoms with Crippen LogP contribution in [-0.4, -0.2) is 4.98 Å². The fourth-order valence-corrected chi connectivity index (χ4v) is 2.43. The number of halogens is 7. The number of ether oxygens (including phenoxy) is 1. The molecule has 0 aliphatic carbocycles. The largest absolute Gasteiger partial charge is 0.432 e. The van der Waals surface area contributed by atoms with Crippen LogP contribution < -0.4 is 4.74 Å². The number of hydrogen-bond acceptors (Lipinski definition) is 2. The lowest BCUT2D eigenvalue weighted by atomic mass is 10.1. The normalized spacial score (nSPS) is 11.0. The third-order valence-electron chi connectivity index (χ3n) is 3.74. The molecule has 3 rings (SSSR count). The Morgan fingerprint density at radius 3 is 1.80 bits per heavy atom. The van der Waals surface area contributed by atoms with Crippen LogP contribution in [0.1, 0.15) is 25.0 Å². The number of hydrogen-bond donors (Lipinski definition) is 0. The number of aromatic nitrogens is 1. The van der Waals surface area contributed by atoms with E-state index in [1.165, 1.54) is 12.3 Å². The molecule has 0 atom stereocenters. The lowest BCUT2D eigenvalue weighted by Gasteiger charge is -2.20. The Morgan fingerprint density at radius 1 is 0.800 bits per heavy atom. The predicted molar refractivity (Wildman–Crippen MR) is 96.5 cm³/mol. The summed E-state index contributed by atoms with van der Waals surface area (Å²) in [5.41, 5.74) is -0.955. The van der Waals surface area contributed by atoms with Crippen molar-refractivity contribution in [1.29, 1.82) is 0 Å². The van der Waals surface area contributed by atoms with Gasteiger partial charge in [-0.1, -0.05) is 19.9 Å². The summed E-state index contributed by atoms with van der Waals surface area (Å²) < 4.78 is 100. The van der Waals surface area contributed by atoms with Crippen molar-refractivity contribution in [1.82, 2.24) is 4.98 Å². The molecular weight excluding hydrogens is 415 g/mol. The van der Waals surface area contributed by atoms with E-state index in [-0.39, 0.29) is 23.4 Å². The summed E-state index contributed by atoms with van der Waals surface area (Å²) in [4.78, 5) is 3.95. The number of nitrogens with zero attached hydrogens (tertiary/aromatic N) is 1.